The number of hydrogen-bond acceptors (Lipinski definition) is 4. The van der Waals surface area contributed by atoms with Crippen molar-refractivity contribution in [3.8, 4) is 0 Å². The van der Waals surface area contributed by atoms with Crippen LogP contribution < -0.4 is 10.0 Å². The fourth-order valence-electron chi connectivity index (χ4n) is 3.13. The minimum atomic E-state index is -3.42. The van der Waals surface area contributed by atoms with Crippen molar-refractivity contribution in [3.05, 3.63) is 48.0 Å². The van der Waals surface area contributed by atoms with E-state index in [1.165, 1.54) is 0 Å². The molecule has 0 aliphatic carbocycles. The number of amides is 2. The maximum Gasteiger partial charge on any atom is 0.235 e. The minimum absolute atomic E-state index is 0.0284. The number of likely N-dealkylation sites (tertiary alicyclic amines) is 1. The molecule has 1 aliphatic heterocycles. The lowest BCUT2D eigenvalue weighted by molar-refractivity contribution is -0.128. The van der Waals surface area contributed by atoms with Crippen molar-refractivity contribution >= 4 is 32.6 Å². The lowest BCUT2D eigenvalue weighted by atomic mass is 10.0. The quantitative estimate of drug-likeness (QED) is 0.773. The molecule has 0 unspecified atom stereocenters. The van der Waals surface area contributed by atoms with Crippen molar-refractivity contribution in [1.29, 1.82) is 0 Å². The summed E-state index contributed by atoms with van der Waals surface area (Å²) in [5, 5.41) is 4.93. The number of fused-ring (bicyclic) bond motifs is 1. The van der Waals surface area contributed by atoms with Gasteiger partial charge in [0.05, 0.1) is 18.8 Å². The first-order chi connectivity index (χ1) is 12.3. The molecule has 1 aliphatic rings. The standard InChI is InChI=1S/C18H21N3O4S/c1-26(24,25)19-10-17(22)20-15-9-18(23)21(12-15)11-14-7-4-6-13-5-2-3-8-16(13)14/h2-8,15,19H,9-12H2,1H3,(H,20,22)/t15-/m0/s1. The van der Waals surface area contributed by atoms with Gasteiger partial charge in [-0.05, 0) is 16.3 Å². The third kappa shape index (κ3) is 4.59. The van der Waals surface area contributed by atoms with Crippen molar-refractivity contribution in [2.24, 2.45) is 0 Å². The molecule has 0 aromatic heterocycles. The van der Waals surface area contributed by atoms with Gasteiger partial charge in [-0.2, -0.15) is 0 Å². The van der Waals surface area contributed by atoms with Gasteiger partial charge in [-0.3, -0.25) is 9.59 Å². The number of nitrogens with zero attached hydrogens (tertiary/aromatic N) is 1. The third-order valence-electron chi connectivity index (χ3n) is 4.32. The second-order valence-electron chi connectivity index (χ2n) is 6.47. The summed E-state index contributed by atoms with van der Waals surface area (Å²) >= 11 is 0. The Balaban J connectivity index is 1.62. The van der Waals surface area contributed by atoms with Gasteiger partial charge in [0.15, 0.2) is 0 Å². The maximum absolute atomic E-state index is 12.3. The topological polar surface area (TPSA) is 95.6 Å². The van der Waals surface area contributed by atoms with E-state index < -0.39 is 15.9 Å². The second-order valence-corrected chi connectivity index (χ2v) is 8.31. The van der Waals surface area contributed by atoms with Gasteiger partial charge in [-0.15, -0.1) is 0 Å². The average Bonchev–Trinajstić information content (AvgIpc) is 2.92. The van der Waals surface area contributed by atoms with Crippen molar-refractivity contribution in [2.45, 2.75) is 19.0 Å². The molecular weight excluding hydrogens is 354 g/mol. The minimum Gasteiger partial charge on any atom is -0.350 e. The van der Waals surface area contributed by atoms with Gasteiger partial charge < -0.3 is 10.2 Å². The Hall–Kier alpha value is -2.45. The molecule has 1 atom stereocenters. The van der Waals surface area contributed by atoms with E-state index in [9.17, 15) is 18.0 Å². The molecule has 0 bridgehead atoms. The summed E-state index contributed by atoms with van der Waals surface area (Å²) in [5.74, 6) is -0.473. The number of benzene rings is 2. The molecule has 2 aromatic rings. The summed E-state index contributed by atoms with van der Waals surface area (Å²) < 4.78 is 24.2. The Morgan fingerprint density at radius 2 is 1.92 bits per heavy atom. The highest BCUT2D eigenvalue weighted by Gasteiger charge is 2.30. The van der Waals surface area contributed by atoms with Gasteiger partial charge >= 0.3 is 0 Å². The van der Waals surface area contributed by atoms with Crippen LogP contribution in [0.25, 0.3) is 10.8 Å². The summed E-state index contributed by atoms with van der Waals surface area (Å²) in [6.07, 6.45) is 1.21. The Kier molecular flexibility index (Phi) is 5.24. The van der Waals surface area contributed by atoms with E-state index in [0.717, 1.165) is 22.6 Å². The number of rotatable bonds is 6. The van der Waals surface area contributed by atoms with E-state index in [0.29, 0.717) is 13.1 Å². The Bertz CT molecular complexity index is 937. The number of nitrogens with one attached hydrogen (secondary N) is 2. The molecule has 7 nitrogen and oxygen atoms in total. The highest BCUT2D eigenvalue weighted by Crippen LogP contribution is 2.22. The van der Waals surface area contributed by atoms with E-state index in [-0.39, 0.29) is 24.9 Å². The lowest BCUT2D eigenvalue weighted by Crippen LogP contribution is -2.42. The van der Waals surface area contributed by atoms with Crippen LogP contribution in [0.4, 0.5) is 0 Å². The molecule has 138 valence electrons. The monoisotopic (exact) mass is 375 g/mol. The maximum atomic E-state index is 12.3. The number of carbonyl (C=O) groups is 2. The van der Waals surface area contributed by atoms with Crippen LogP contribution in [0.1, 0.15) is 12.0 Å². The summed E-state index contributed by atoms with van der Waals surface area (Å²) in [7, 11) is -3.42. The molecule has 1 heterocycles. The zero-order valence-electron chi connectivity index (χ0n) is 14.4. The molecule has 26 heavy (non-hydrogen) atoms. The van der Waals surface area contributed by atoms with E-state index in [1.807, 2.05) is 42.5 Å². The molecule has 2 aromatic carbocycles. The highest BCUT2D eigenvalue weighted by atomic mass is 32.2. The predicted molar refractivity (Wildman–Crippen MR) is 98.8 cm³/mol. The zero-order valence-corrected chi connectivity index (χ0v) is 15.3. The smallest absolute Gasteiger partial charge is 0.235 e. The number of hydrogen-bond donors (Lipinski definition) is 2. The normalized spacial score (nSPS) is 17.7. The molecule has 2 amide bonds. The fourth-order valence-corrected chi connectivity index (χ4v) is 3.53. The number of carbonyl (C=O) groups excluding carboxylic acids is 2. The van der Waals surface area contributed by atoms with Gasteiger partial charge in [0.1, 0.15) is 0 Å². The van der Waals surface area contributed by atoms with Crippen LogP contribution in [0, 0.1) is 0 Å². The predicted octanol–water partition coefficient (Wildman–Crippen LogP) is 0.606. The summed E-state index contributed by atoms with van der Waals surface area (Å²) in [6, 6.07) is 13.7. The lowest BCUT2D eigenvalue weighted by Gasteiger charge is -2.18. The average molecular weight is 375 g/mol. The molecule has 2 N–H and O–H groups in total. The first-order valence-electron chi connectivity index (χ1n) is 8.30. The molecule has 1 fully saturated rings. The molecule has 8 heteroatoms. The zero-order chi connectivity index (χ0) is 18.7. The van der Waals surface area contributed by atoms with Crippen LogP contribution in [0.5, 0.6) is 0 Å². The first kappa shape index (κ1) is 18.3. The Morgan fingerprint density at radius 3 is 2.69 bits per heavy atom. The molecule has 3 rings (SSSR count). The first-order valence-corrected chi connectivity index (χ1v) is 10.2. The second kappa shape index (κ2) is 7.43. The largest absolute Gasteiger partial charge is 0.350 e. The molecule has 0 radical (unpaired) electrons. The van der Waals surface area contributed by atoms with Gasteiger partial charge in [0.2, 0.25) is 21.8 Å². The SMILES string of the molecule is CS(=O)(=O)NCC(=O)N[C@H]1CC(=O)N(Cc2cccc3ccccc23)C1. The summed E-state index contributed by atoms with van der Waals surface area (Å²) in [6.45, 7) is 0.563. The fraction of sp³-hybridized carbons (Fsp3) is 0.333. The van der Waals surface area contributed by atoms with Crippen LogP contribution >= 0.6 is 0 Å². The van der Waals surface area contributed by atoms with Gasteiger partial charge in [0.25, 0.3) is 0 Å². The van der Waals surface area contributed by atoms with Crippen molar-refractivity contribution in [3.63, 3.8) is 0 Å². The number of sulfonamides is 1. The Morgan fingerprint density at radius 1 is 1.19 bits per heavy atom. The van der Waals surface area contributed by atoms with Crippen molar-refractivity contribution < 1.29 is 18.0 Å². The van der Waals surface area contributed by atoms with Crippen molar-refractivity contribution in [2.75, 3.05) is 19.3 Å². The van der Waals surface area contributed by atoms with E-state index in [1.54, 1.807) is 4.90 Å². The van der Waals surface area contributed by atoms with Crippen LogP contribution in [0.3, 0.4) is 0 Å². The van der Waals surface area contributed by atoms with E-state index in [4.69, 9.17) is 0 Å². The van der Waals surface area contributed by atoms with E-state index >= 15 is 0 Å². The van der Waals surface area contributed by atoms with Crippen LogP contribution in [-0.2, 0) is 26.2 Å². The van der Waals surface area contributed by atoms with Gasteiger partial charge in [0, 0.05) is 19.5 Å². The Labute approximate surface area is 152 Å². The highest BCUT2D eigenvalue weighted by molar-refractivity contribution is 7.88. The summed E-state index contributed by atoms with van der Waals surface area (Å²) in [5.41, 5.74) is 1.06. The summed E-state index contributed by atoms with van der Waals surface area (Å²) in [4.78, 5) is 25.8. The van der Waals surface area contributed by atoms with Crippen LogP contribution in [0.2, 0.25) is 0 Å². The van der Waals surface area contributed by atoms with Crippen molar-refractivity contribution in [1.82, 2.24) is 14.9 Å². The molecule has 0 saturated carbocycles. The molecule has 1 saturated heterocycles. The third-order valence-corrected chi connectivity index (χ3v) is 4.98. The van der Waals surface area contributed by atoms with Crippen LogP contribution in [-0.4, -0.2) is 50.5 Å². The molecule has 0 spiro atoms. The van der Waals surface area contributed by atoms with E-state index in [2.05, 4.69) is 10.0 Å². The molecular formula is C18H21N3O4S. The van der Waals surface area contributed by atoms with Gasteiger partial charge in [-0.25, -0.2) is 13.1 Å². The van der Waals surface area contributed by atoms with Gasteiger partial charge in [-0.1, -0.05) is 42.5 Å². The van der Waals surface area contributed by atoms with Crippen LogP contribution in [0.15, 0.2) is 42.5 Å².